The fourth-order valence-electron chi connectivity index (χ4n) is 3.16. The van der Waals surface area contributed by atoms with E-state index in [0.29, 0.717) is 0 Å². The Kier molecular flexibility index (Phi) is 8.48. The third kappa shape index (κ3) is 5.61. The predicted octanol–water partition coefficient (Wildman–Crippen LogP) is 5.78. The van der Waals surface area contributed by atoms with E-state index in [9.17, 15) is 0 Å². The average molecular weight is 302 g/mol. The van der Waals surface area contributed by atoms with Gasteiger partial charge in [-0.15, -0.1) is 0 Å². The average Bonchev–Trinajstić information content (AvgIpc) is 2.51. The van der Waals surface area contributed by atoms with Crippen LogP contribution in [0.2, 0.25) is 0 Å². The third-order valence-electron chi connectivity index (χ3n) is 4.87. The Morgan fingerprint density at radius 2 is 1.73 bits per heavy atom. The molecule has 1 heteroatoms. The van der Waals surface area contributed by atoms with Crippen molar-refractivity contribution >= 4 is 0 Å². The van der Waals surface area contributed by atoms with Crippen molar-refractivity contribution in [3.05, 3.63) is 47.5 Å². The van der Waals surface area contributed by atoms with Crippen LogP contribution in [0.15, 0.2) is 36.4 Å². The fourth-order valence-corrected chi connectivity index (χ4v) is 3.16. The normalized spacial score (nSPS) is 13.8. The topological polar surface area (TPSA) is 12.0 Å². The maximum absolute atomic E-state index is 4.43. The molecule has 1 unspecified atom stereocenters. The number of hydrogen-bond acceptors (Lipinski definition) is 1. The molecule has 1 N–H and O–H groups in total. The summed E-state index contributed by atoms with van der Waals surface area (Å²) in [7, 11) is 2.03. The van der Waals surface area contributed by atoms with Gasteiger partial charge in [-0.05, 0) is 45.3 Å². The van der Waals surface area contributed by atoms with Crippen molar-refractivity contribution in [1.82, 2.24) is 5.32 Å². The Morgan fingerprint density at radius 3 is 2.32 bits per heavy atom. The first-order valence-corrected chi connectivity index (χ1v) is 8.94. The minimum Gasteiger partial charge on any atom is -0.320 e. The standard InChI is InChI=1S/C21H35N/c1-6-11-19(3)21(4,16-9-7-8-10-17-22-5)20-14-12-18(2)13-15-20/h12-15,22H,3,6-11,16-17H2,1-2,4-5H3. The molecule has 0 bridgehead atoms. The number of benzene rings is 1. The Bertz CT molecular complexity index is 432. The fraction of sp³-hybridized carbons (Fsp3) is 0.619. The molecule has 0 spiro atoms. The summed E-state index contributed by atoms with van der Waals surface area (Å²) in [5.74, 6) is 0. The molecule has 1 atom stereocenters. The van der Waals surface area contributed by atoms with Gasteiger partial charge in [0.15, 0.2) is 0 Å². The van der Waals surface area contributed by atoms with Crippen LogP contribution in [0, 0.1) is 6.92 Å². The highest BCUT2D eigenvalue weighted by molar-refractivity contribution is 5.35. The Labute approximate surface area is 138 Å². The van der Waals surface area contributed by atoms with E-state index in [2.05, 4.69) is 56.9 Å². The van der Waals surface area contributed by atoms with Crippen LogP contribution in [0.1, 0.15) is 69.9 Å². The molecule has 0 heterocycles. The van der Waals surface area contributed by atoms with Crippen molar-refractivity contribution in [2.45, 2.75) is 71.1 Å². The van der Waals surface area contributed by atoms with Crippen LogP contribution in [0.25, 0.3) is 0 Å². The van der Waals surface area contributed by atoms with Crippen molar-refractivity contribution in [1.29, 1.82) is 0 Å². The molecule has 0 fully saturated rings. The molecule has 1 aromatic carbocycles. The van der Waals surface area contributed by atoms with E-state index in [4.69, 9.17) is 0 Å². The van der Waals surface area contributed by atoms with Gasteiger partial charge < -0.3 is 5.32 Å². The van der Waals surface area contributed by atoms with E-state index in [1.807, 2.05) is 7.05 Å². The summed E-state index contributed by atoms with van der Waals surface area (Å²) >= 11 is 0. The second kappa shape index (κ2) is 9.84. The molecule has 1 rings (SSSR count). The monoisotopic (exact) mass is 301 g/mol. The summed E-state index contributed by atoms with van der Waals surface area (Å²) in [5, 5.41) is 3.23. The summed E-state index contributed by atoms with van der Waals surface area (Å²) < 4.78 is 0. The van der Waals surface area contributed by atoms with E-state index in [1.165, 1.54) is 55.2 Å². The summed E-state index contributed by atoms with van der Waals surface area (Å²) in [6, 6.07) is 9.08. The van der Waals surface area contributed by atoms with E-state index in [1.54, 1.807) is 0 Å². The number of allylic oxidation sites excluding steroid dienone is 1. The highest BCUT2D eigenvalue weighted by Gasteiger charge is 2.28. The lowest BCUT2D eigenvalue weighted by Gasteiger charge is -2.33. The highest BCUT2D eigenvalue weighted by atomic mass is 14.8. The van der Waals surface area contributed by atoms with Crippen molar-refractivity contribution in [2.24, 2.45) is 0 Å². The quantitative estimate of drug-likeness (QED) is 0.403. The molecule has 124 valence electrons. The van der Waals surface area contributed by atoms with Crippen LogP contribution in [0.4, 0.5) is 0 Å². The molecule has 0 saturated carbocycles. The van der Waals surface area contributed by atoms with Crippen LogP contribution in [0.5, 0.6) is 0 Å². The second-order valence-corrected chi connectivity index (χ2v) is 6.82. The van der Waals surface area contributed by atoms with Gasteiger partial charge in [-0.2, -0.15) is 0 Å². The third-order valence-corrected chi connectivity index (χ3v) is 4.87. The number of rotatable bonds is 11. The van der Waals surface area contributed by atoms with Crippen LogP contribution in [0.3, 0.4) is 0 Å². The predicted molar refractivity (Wildman–Crippen MR) is 99.6 cm³/mol. The van der Waals surface area contributed by atoms with Crippen LogP contribution < -0.4 is 5.32 Å². The van der Waals surface area contributed by atoms with E-state index in [0.717, 1.165) is 13.0 Å². The van der Waals surface area contributed by atoms with Gasteiger partial charge in [0, 0.05) is 5.41 Å². The summed E-state index contributed by atoms with van der Waals surface area (Å²) in [5.41, 5.74) is 4.30. The molecular formula is C21H35N. The molecule has 0 aliphatic carbocycles. The SMILES string of the molecule is C=C(CCC)C(C)(CCCCCCNC)c1ccc(C)cc1. The van der Waals surface area contributed by atoms with Crippen LogP contribution >= 0.6 is 0 Å². The summed E-state index contributed by atoms with van der Waals surface area (Å²) in [6.07, 6.45) is 8.75. The Balaban J connectivity index is 2.70. The minimum absolute atomic E-state index is 0.132. The summed E-state index contributed by atoms with van der Waals surface area (Å²) in [6.45, 7) is 12.4. The van der Waals surface area contributed by atoms with Crippen molar-refractivity contribution < 1.29 is 0 Å². The van der Waals surface area contributed by atoms with Gasteiger partial charge in [0.05, 0.1) is 0 Å². The molecule has 1 nitrogen and oxygen atoms in total. The van der Waals surface area contributed by atoms with Gasteiger partial charge in [-0.1, -0.05) is 81.5 Å². The van der Waals surface area contributed by atoms with Gasteiger partial charge in [0.25, 0.3) is 0 Å². The lowest BCUT2D eigenvalue weighted by molar-refractivity contribution is 0.453. The molecule has 0 radical (unpaired) electrons. The number of aryl methyl sites for hydroxylation is 1. The smallest absolute Gasteiger partial charge is 0.0131 e. The Morgan fingerprint density at radius 1 is 1.09 bits per heavy atom. The number of unbranched alkanes of at least 4 members (excludes halogenated alkanes) is 3. The van der Waals surface area contributed by atoms with E-state index >= 15 is 0 Å². The number of nitrogens with one attached hydrogen (secondary N) is 1. The van der Waals surface area contributed by atoms with Gasteiger partial charge in [0.1, 0.15) is 0 Å². The molecule has 1 aromatic rings. The lowest BCUT2D eigenvalue weighted by Crippen LogP contribution is -2.24. The van der Waals surface area contributed by atoms with Crippen molar-refractivity contribution in [2.75, 3.05) is 13.6 Å². The molecule has 0 amide bonds. The Hall–Kier alpha value is -1.08. The minimum atomic E-state index is 0.132. The molecule has 0 saturated heterocycles. The van der Waals surface area contributed by atoms with Gasteiger partial charge in [0.2, 0.25) is 0 Å². The lowest BCUT2D eigenvalue weighted by atomic mass is 9.71. The highest BCUT2D eigenvalue weighted by Crippen LogP contribution is 2.38. The first-order valence-electron chi connectivity index (χ1n) is 8.94. The maximum Gasteiger partial charge on any atom is 0.0131 e. The zero-order valence-corrected chi connectivity index (χ0v) is 15.2. The summed E-state index contributed by atoms with van der Waals surface area (Å²) in [4.78, 5) is 0. The molecule has 0 aromatic heterocycles. The molecular weight excluding hydrogens is 266 g/mol. The van der Waals surface area contributed by atoms with E-state index < -0.39 is 0 Å². The second-order valence-electron chi connectivity index (χ2n) is 6.82. The van der Waals surface area contributed by atoms with E-state index in [-0.39, 0.29) is 5.41 Å². The van der Waals surface area contributed by atoms with Gasteiger partial charge in [-0.3, -0.25) is 0 Å². The molecule has 0 aliphatic rings. The van der Waals surface area contributed by atoms with Gasteiger partial charge >= 0.3 is 0 Å². The van der Waals surface area contributed by atoms with Crippen molar-refractivity contribution in [3.63, 3.8) is 0 Å². The van der Waals surface area contributed by atoms with Crippen molar-refractivity contribution in [3.8, 4) is 0 Å². The van der Waals surface area contributed by atoms with Crippen LogP contribution in [-0.4, -0.2) is 13.6 Å². The first kappa shape index (κ1) is 19.0. The maximum atomic E-state index is 4.43. The zero-order valence-electron chi connectivity index (χ0n) is 15.2. The molecule has 22 heavy (non-hydrogen) atoms. The zero-order chi connectivity index (χ0) is 16.4. The van der Waals surface area contributed by atoms with Gasteiger partial charge in [-0.25, -0.2) is 0 Å². The first-order chi connectivity index (χ1) is 10.5. The van der Waals surface area contributed by atoms with Crippen LogP contribution in [-0.2, 0) is 5.41 Å². The largest absolute Gasteiger partial charge is 0.320 e. The number of hydrogen-bond donors (Lipinski definition) is 1. The molecule has 0 aliphatic heterocycles.